The van der Waals surface area contributed by atoms with Gasteiger partial charge in [0.05, 0.1) is 6.61 Å². The van der Waals surface area contributed by atoms with E-state index in [1.54, 1.807) is 0 Å². The molecule has 0 aliphatic rings. The Labute approximate surface area is 182 Å². The molecule has 1 rings (SSSR count). The van der Waals surface area contributed by atoms with E-state index in [1.165, 1.54) is 109 Å². The van der Waals surface area contributed by atoms with E-state index >= 15 is 0 Å². The molecule has 0 fully saturated rings. The molecule has 0 aliphatic carbocycles. The van der Waals surface area contributed by atoms with Crippen LogP contribution in [0.1, 0.15) is 128 Å². The normalized spacial score (nSPS) is 11.1. The molecule has 0 radical (unpaired) electrons. The van der Waals surface area contributed by atoms with Gasteiger partial charge in [-0.25, -0.2) is 0 Å². The van der Waals surface area contributed by atoms with Gasteiger partial charge in [0.15, 0.2) is 0 Å². The number of hydrogen-bond acceptors (Lipinski definition) is 2. The van der Waals surface area contributed by atoms with E-state index in [4.69, 9.17) is 10.5 Å². The van der Waals surface area contributed by atoms with Gasteiger partial charge in [-0.3, -0.25) is 0 Å². The monoisotopic (exact) mass is 403 g/mol. The van der Waals surface area contributed by atoms with Crippen LogP contribution in [0.15, 0.2) is 18.2 Å². The molecule has 0 unspecified atom stereocenters. The van der Waals surface area contributed by atoms with Crippen LogP contribution in [0.3, 0.4) is 0 Å². The fraction of sp³-hybridized carbons (Fsp3) is 0.778. The molecule has 0 saturated heterocycles. The molecule has 2 nitrogen and oxygen atoms in total. The molecule has 0 saturated carbocycles. The Kier molecular flexibility index (Phi) is 16.8. The van der Waals surface area contributed by atoms with Crippen molar-refractivity contribution in [1.82, 2.24) is 0 Å². The first-order chi connectivity index (χ1) is 14.2. The fourth-order valence-corrected chi connectivity index (χ4v) is 3.93. The number of benzene rings is 1. The molecular formula is C27H49NO. The molecule has 1 aromatic rings. The zero-order valence-electron chi connectivity index (χ0n) is 19.7. The second kappa shape index (κ2) is 18.8. The Morgan fingerprint density at radius 2 is 1.03 bits per heavy atom. The van der Waals surface area contributed by atoms with E-state index in [-0.39, 0.29) is 0 Å². The van der Waals surface area contributed by atoms with Crippen LogP contribution in [0.25, 0.3) is 0 Å². The summed E-state index contributed by atoms with van der Waals surface area (Å²) in [5, 5.41) is 0. The number of ether oxygens (including phenoxy) is 1. The molecule has 1 aromatic carbocycles. The van der Waals surface area contributed by atoms with Gasteiger partial charge in [-0.15, -0.1) is 0 Å². The van der Waals surface area contributed by atoms with Gasteiger partial charge in [0.2, 0.25) is 0 Å². The van der Waals surface area contributed by atoms with Gasteiger partial charge in [0.1, 0.15) is 5.75 Å². The zero-order valence-corrected chi connectivity index (χ0v) is 19.7. The number of hydrogen-bond donors (Lipinski definition) is 1. The molecule has 0 aliphatic heterocycles. The van der Waals surface area contributed by atoms with E-state index in [1.807, 2.05) is 25.1 Å². The van der Waals surface area contributed by atoms with Gasteiger partial charge in [-0.2, -0.15) is 0 Å². The third-order valence-corrected chi connectivity index (χ3v) is 6.01. The van der Waals surface area contributed by atoms with E-state index in [9.17, 15) is 0 Å². The van der Waals surface area contributed by atoms with Gasteiger partial charge in [0, 0.05) is 5.69 Å². The Morgan fingerprint density at radius 1 is 0.621 bits per heavy atom. The Hall–Kier alpha value is -1.18. The number of unbranched alkanes of at least 4 members (excludes halogenated alkanes) is 17. The van der Waals surface area contributed by atoms with Crippen molar-refractivity contribution < 1.29 is 4.74 Å². The highest BCUT2D eigenvalue weighted by Gasteiger charge is 1.98. The number of anilines is 1. The van der Waals surface area contributed by atoms with Crippen molar-refractivity contribution in [2.45, 2.75) is 129 Å². The molecule has 29 heavy (non-hydrogen) atoms. The van der Waals surface area contributed by atoms with Gasteiger partial charge >= 0.3 is 0 Å². The molecule has 168 valence electrons. The summed E-state index contributed by atoms with van der Waals surface area (Å²) in [5.74, 6) is 0.948. The summed E-state index contributed by atoms with van der Waals surface area (Å²) in [6.45, 7) is 5.14. The first-order valence-electron chi connectivity index (χ1n) is 12.7. The smallest absolute Gasteiger partial charge is 0.119 e. The van der Waals surface area contributed by atoms with Gasteiger partial charge in [-0.1, -0.05) is 116 Å². The number of rotatable bonds is 20. The molecule has 0 amide bonds. The van der Waals surface area contributed by atoms with E-state index in [0.29, 0.717) is 0 Å². The molecule has 0 heterocycles. The Balaban J connectivity index is 1.74. The minimum absolute atomic E-state index is 0.822. The molecule has 2 N–H and O–H groups in total. The first-order valence-corrected chi connectivity index (χ1v) is 12.7. The van der Waals surface area contributed by atoms with Crippen LogP contribution in [0.4, 0.5) is 5.69 Å². The lowest BCUT2D eigenvalue weighted by Crippen LogP contribution is -1.98. The molecule has 0 atom stereocenters. The van der Waals surface area contributed by atoms with Crippen molar-refractivity contribution in [3.8, 4) is 5.75 Å². The number of nitrogens with two attached hydrogens (primary N) is 1. The summed E-state index contributed by atoms with van der Waals surface area (Å²) in [5.41, 5.74) is 7.77. The lowest BCUT2D eigenvalue weighted by molar-refractivity contribution is 0.304. The summed E-state index contributed by atoms with van der Waals surface area (Å²) in [6.07, 6.45) is 25.4. The van der Waals surface area contributed by atoms with Crippen molar-refractivity contribution >= 4 is 5.69 Å². The average Bonchev–Trinajstić information content (AvgIpc) is 2.72. The van der Waals surface area contributed by atoms with Crippen LogP contribution in [0.2, 0.25) is 0 Å². The highest BCUT2D eigenvalue weighted by atomic mass is 16.5. The quantitative estimate of drug-likeness (QED) is 0.174. The molecule has 0 spiro atoms. The molecule has 0 aromatic heterocycles. The van der Waals surface area contributed by atoms with Crippen molar-refractivity contribution in [2.24, 2.45) is 0 Å². The third-order valence-electron chi connectivity index (χ3n) is 6.01. The SMILES string of the molecule is CCCCCCCCCCCCCCCCCCCCOc1ccc(N)c(C)c1. The summed E-state index contributed by atoms with van der Waals surface area (Å²) in [4.78, 5) is 0. The van der Waals surface area contributed by atoms with Crippen molar-refractivity contribution in [3.05, 3.63) is 23.8 Å². The van der Waals surface area contributed by atoms with Crippen LogP contribution in [-0.4, -0.2) is 6.61 Å². The lowest BCUT2D eigenvalue weighted by atomic mass is 10.0. The summed E-state index contributed by atoms with van der Waals surface area (Å²) in [7, 11) is 0. The third kappa shape index (κ3) is 15.3. The van der Waals surface area contributed by atoms with Gasteiger partial charge in [0.25, 0.3) is 0 Å². The maximum Gasteiger partial charge on any atom is 0.119 e. The second-order valence-corrected chi connectivity index (χ2v) is 8.88. The second-order valence-electron chi connectivity index (χ2n) is 8.88. The van der Waals surface area contributed by atoms with Gasteiger partial charge < -0.3 is 10.5 Å². The largest absolute Gasteiger partial charge is 0.494 e. The molecular weight excluding hydrogens is 354 g/mol. The minimum Gasteiger partial charge on any atom is -0.494 e. The lowest BCUT2D eigenvalue weighted by Gasteiger charge is -2.08. The average molecular weight is 404 g/mol. The highest BCUT2D eigenvalue weighted by molar-refractivity contribution is 5.49. The highest BCUT2D eigenvalue weighted by Crippen LogP contribution is 2.19. The van der Waals surface area contributed by atoms with Crippen molar-refractivity contribution in [3.63, 3.8) is 0 Å². The van der Waals surface area contributed by atoms with Crippen molar-refractivity contribution in [1.29, 1.82) is 0 Å². The van der Waals surface area contributed by atoms with E-state index < -0.39 is 0 Å². The number of aryl methyl sites for hydroxylation is 1. The first kappa shape index (κ1) is 25.9. The van der Waals surface area contributed by atoms with Crippen LogP contribution >= 0.6 is 0 Å². The molecule has 2 heteroatoms. The Bertz CT molecular complexity index is 485. The van der Waals surface area contributed by atoms with Gasteiger partial charge in [-0.05, 0) is 37.1 Å². The van der Waals surface area contributed by atoms with Crippen LogP contribution < -0.4 is 10.5 Å². The van der Waals surface area contributed by atoms with Crippen LogP contribution in [0.5, 0.6) is 5.75 Å². The zero-order chi connectivity index (χ0) is 21.0. The van der Waals surface area contributed by atoms with E-state index in [2.05, 4.69) is 6.92 Å². The molecule has 0 bridgehead atoms. The summed E-state index contributed by atoms with van der Waals surface area (Å²) in [6, 6.07) is 5.93. The van der Waals surface area contributed by atoms with Crippen LogP contribution in [0, 0.1) is 6.92 Å². The summed E-state index contributed by atoms with van der Waals surface area (Å²) >= 11 is 0. The van der Waals surface area contributed by atoms with Crippen molar-refractivity contribution in [2.75, 3.05) is 12.3 Å². The predicted molar refractivity (Wildman–Crippen MR) is 130 cm³/mol. The predicted octanol–water partition coefficient (Wildman–Crippen LogP) is 9.00. The fourth-order valence-electron chi connectivity index (χ4n) is 3.93. The maximum absolute atomic E-state index is 5.84. The maximum atomic E-state index is 5.84. The standard InChI is InChI=1S/C27H49NO/c1-3-4-5-6-7-8-9-10-11-12-13-14-15-16-17-18-19-20-23-29-26-21-22-27(28)25(2)24-26/h21-22,24H,3-20,23,28H2,1-2H3. The minimum atomic E-state index is 0.822. The summed E-state index contributed by atoms with van der Waals surface area (Å²) < 4.78 is 5.82. The number of nitrogen functional groups attached to an aromatic ring is 1. The van der Waals surface area contributed by atoms with Crippen LogP contribution in [-0.2, 0) is 0 Å². The topological polar surface area (TPSA) is 35.2 Å². The Morgan fingerprint density at radius 3 is 1.45 bits per heavy atom. The van der Waals surface area contributed by atoms with E-state index in [0.717, 1.165) is 30.0 Å².